The summed E-state index contributed by atoms with van der Waals surface area (Å²) in [7, 11) is 0. The number of aromatic nitrogens is 1. The van der Waals surface area contributed by atoms with E-state index in [1.54, 1.807) is 6.20 Å². The molecule has 0 atom stereocenters. The van der Waals surface area contributed by atoms with Crippen molar-refractivity contribution in [3.8, 4) is 6.07 Å². The minimum Gasteiger partial charge on any atom is -0.299 e. The zero-order chi connectivity index (χ0) is 12.8. The molecule has 2 heterocycles. The fourth-order valence-electron chi connectivity index (χ4n) is 2.75. The Balaban J connectivity index is 1.90. The Hall–Kier alpha value is -1.40. The first-order valence-corrected chi connectivity index (χ1v) is 6.89. The molecule has 18 heavy (non-hydrogen) atoms. The lowest BCUT2D eigenvalue weighted by atomic mass is 9.92. The molecule has 3 heteroatoms. The summed E-state index contributed by atoms with van der Waals surface area (Å²) < 4.78 is 0. The van der Waals surface area contributed by atoms with Gasteiger partial charge in [0.15, 0.2) is 0 Å². The first-order chi connectivity index (χ1) is 8.83. The van der Waals surface area contributed by atoms with E-state index in [9.17, 15) is 0 Å². The minimum absolute atomic E-state index is 0.577. The van der Waals surface area contributed by atoms with Crippen molar-refractivity contribution in [3.63, 3.8) is 0 Å². The third kappa shape index (κ3) is 3.30. The molecule has 1 aliphatic heterocycles. The predicted molar refractivity (Wildman–Crippen MR) is 71.9 cm³/mol. The molecule has 1 fully saturated rings. The van der Waals surface area contributed by atoms with Crippen LogP contribution < -0.4 is 0 Å². The third-order valence-electron chi connectivity index (χ3n) is 3.80. The van der Waals surface area contributed by atoms with E-state index in [1.165, 1.54) is 25.7 Å². The van der Waals surface area contributed by atoms with E-state index >= 15 is 0 Å². The molecule has 1 aromatic rings. The summed E-state index contributed by atoms with van der Waals surface area (Å²) in [5.41, 5.74) is 1.64. The van der Waals surface area contributed by atoms with Gasteiger partial charge in [0, 0.05) is 18.3 Å². The fourth-order valence-corrected chi connectivity index (χ4v) is 2.75. The molecular weight excluding hydrogens is 222 g/mol. The zero-order valence-corrected chi connectivity index (χ0v) is 11.1. The molecule has 2 rings (SSSR count). The number of pyridine rings is 1. The van der Waals surface area contributed by atoms with Crippen molar-refractivity contribution in [2.45, 2.75) is 39.2 Å². The maximum atomic E-state index is 9.03. The Morgan fingerprint density at radius 3 is 2.89 bits per heavy atom. The van der Waals surface area contributed by atoms with Crippen molar-refractivity contribution in [2.75, 3.05) is 13.1 Å². The van der Waals surface area contributed by atoms with Crippen LogP contribution in [0, 0.1) is 17.2 Å². The Morgan fingerprint density at radius 1 is 1.44 bits per heavy atom. The van der Waals surface area contributed by atoms with Crippen molar-refractivity contribution >= 4 is 0 Å². The van der Waals surface area contributed by atoms with Crippen molar-refractivity contribution in [1.29, 1.82) is 5.26 Å². The number of likely N-dealkylation sites (tertiary alicyclic amines) is 1. The number of nitrogens with zero attached hydrogens (tertiary/aromatic N) is 3. The summed E-state index contributed by atoms with van der Waals surface area (Å²) >= 11 is 0. The van der Waals surface area contributed by atoms with Gasteiger partial charge in [0.05, 0.1) is 0 Å². The van der Waals surface area contributed by atoms with Gasteiger partial charge in [-0.3, -0.25) is 4.90 Å². The van der Waals surface area contributed by atoms with Crippen molar-refractivity contribution in [1.82, 2.24) is 9.88 Å². The highest BCUT2D eigenvalue weighted by Gasteiger charge is 2.19. The number of hydrogen-bond donors (Lipinski definition) is 0. The SMILES string of the molecule is CCCC1CCN(Cc2cccnc2C#N)CC1. The van der Waals surface area contributed by atoms with Gasteiger partial charge < -0.3 is 0 Å². The van der Waals surface area contributed by atoms with Crippen LogP contribution in [0.2, 0.25) is 0 Å². The smallest absolute Gasteiger partial charge is 0.144 e. The van der Waals surface area contributed by atoms with E-state index in [2.05, 4.69) is 22.9 Å². The quantitative estimate of drug-likeness (QED) is 0.816. The molecule has 0 N–H and O–H groups in total. The predicted octanol–water partition coefficient (Wildman–Crippen LogP) is 2.97. The molecular formula is C15H21N3. The molecule has 3 nitrogen and oxygen atoms in total. The summed E-state index contributed by atoms with van der Waals surface area (Å²) in [5.74, 6) is 0.913. The maximum Gasteiger partial charge on any atom is 0.144 e. The van der Waals surface area contributed by atoms with Gasteiger partial charge in [-0.2, -0.15) is 5.26 Å². The van der Waals surface area contributed by atoms with Gasteiger partial charge in [-0.15, -0.1) is 0 Å². The topological polar surface area (TPSA) is 39.9 Å². The minimum atomic E-state index is 0.577. The average Bonchev–Trinajstić information content (AvgIpc) is 2.42. The van der Waals surface area contributed by atoms with E-state index in [0.717, 1.165) is 31.1 Å². The van der Waals surface area contributed by atoms with E-state index in [0.29, 0.717) is 5.69 Å². The Morgan fingerprint density at radius 2 is 2.22 bits per heavy atom. The summed E-state index contributed by atoms with van der Waals surface area (Å²) in [4.78, 5) is 6.57. The normalized spacial score (nSPS) is 17.6. The largest absolute Gasteiger partial charge is 0.299 e. The lowest BCUT2D eigenvalue weighted by molar-refractivity contribution is 0.171. The van der Waals surface area contributed by atoms with E-state index in [4.69, 9.17) is 5.26 Å². The van der Waals surface area contributed by atoms with E-state index in [1.807, 2.05) is 12.1 Å². The Bertz CT molecular complexity index is 414. The van der Waals surface area contributed by atoms with Crippen LogP contribution in [-0.4, -0.2) is 23.0 Å². The van der Waals surface area contributed by atoms with Crippen LogP contribution in [0.3, 0.4) is 0 Å². The van der Waals surface area contributed by atoms with Crippen molar-refractivity contribution in [2.24, 2.45) is 5.92 Å². The molecule has 0 spiro atoms. The van der Waals surface area contributed by atoms with Gasteiger partial charge in [0.25, 0.3) is 0 Å². The molecule has 0 radical (unpaired) electrons. The lowest BCUT2D eigenvalue weighted by Crippen LogP contribution is -2.33. The summed E-state index contributed by atoms with van der Waals surface area (Å²) in [6, 6.07) is 6.11. The van der Waals surface area contributed by atoms with Crippen LogP contribution in [0.25, 0.3) is 0 Å². The monoisotopic (exact) mass is 243 g/mol. The van der Waals surface area contributed by atoms with Gasteiger partial charge >= 0.3 is 0 Å². The van der Waals surface area contributed by atoms with E-state index in [-0.39, 0.29) is 0 Å². The second-order valence-corrected chi connectivity index (χ2v) is 5.13. The van der Waals surface area contributed by atoms with Gasteiger partial charge in [-0.1, -0.05) is 25.8 Å². The summed E-state index contributed by atoms with van der Waals surface area (Å²) in [6.45, 7) is 5.45. The Kier molecular flexibility index (Phi) is 4.72. The van der Waals surface area contributed by atoms with Crippen LogP contribution in [0.1, 0.15) is 43.9 Å². The standard InChI is InChI=1S/C15H21N3/c1-2-4-13-6-9-18(10-7-13)12-14-5-3-8-17-15(14)11-16/h3,5,8,13H,2,4,6-7,9-10,12H2,1H3. The summed E-state index contributed by atoms with van der Waals surface area (Å²) in [6.07, 6.45) is 6.96. The summed E-state index contributed by atoms with van der Waals surface area (Å²) in [5, 5.41) is 9.03. The maximum absolute atomic E-state index is 9.03. The second kappa shape index (κ2) is 6.51. The number of hydrogen-bond acceptors (Lipinski definition) is 3. The molecule has 0 saturated carbocycles. The fraction of sp³-hybridized carbons (Fsp3) is 0.600. The average molecular weight is 243 g/mol. The molecule has 0 amide bonds. The van der Waals surface area contributed by atoms with Gasteiger partial charge in [0.1, 0.15) is 11.8 Å². The van der Waals surface area contributed by atoms with Gasteiger partial charge in [0.2, 0.25) is 0 Å². The molecule has 1 aliphatic rings. The highest BCUT2D eigenvalue weighted by molar-refractivity contribution is 5.30. The number of nitriles is 1. The molecule has 0 aromatic carbocycles. The number of piperidine rings is 1. The second-order valence-electron chi connectivity index (χ2n) is 5.13. The third-order valence-corrected chi connectivity index (χ3v) is 3.80. The molecule has 0 unspecified atom stereocenters. The van der Waals surface area contributed by atoms with Crippen molar-refractivity contribution in [3.05, 3.63) is 29.6 Å². The van der Waals surface area contributed by atoms with Crippen LogP contribution >= 0.6 is 0 Å². The van der Waals surface area contributed by atoms with E-state index < -0.39 is 0 Å². The first kappa shape index (κ1) is 13.0. The highest BCUT2D eigenvalue weighted by atomic mass is 15.1. The molecule has 0 bridgehead atoms. The highest BCUT2D eigenvalue weighted by Crippen LogP contribution is 2.23. The Labute approximate surface area is 109 Å². The van der Waals surface area contributed by atoms with Crippen LogP contribution in [0.15, 0.2) is 18.3 Å². The van der Waals surface area contributed by atoms with Gasteiger partial charge in [-0.25, -0.2) is 4.98 Å². The molecule has 0 aliphatic carbocycles. The molecule has 96 valence electrons. The van der Waals surface area contributed by atoms with Gasteiger partial charge in [-0.05, 0) is 37.9 Å². The molecule has 1 saturated heterocycles. The van der Waals surface area contributed by atoms with Crippen LogP contribution in [0.4, 0.5) is 0 Å². The van der Waals surface area contributed by atoms with Crippen LogP contribution in [-0.2, 0) is 6.54 Å². The molecule has 1 aromatic heterocycles. The number of rotatable bonds is 4. The zero-order valence-electron chi connectivity index (χ0n) is 11.1. The first-order valence-electron chi connectivity index (χ1n) is 6.89. The lowest BCUT2D eigenvalue weighted by Gasteiger charge is -2.31. The van der Waals surface area contributed by atoms with Crippen molar-refractivity contribution < 1.29 is 0 Å². The van der Waals surface area contributed by atoms with Crippen LogP contribution in [0.5, 0.6) is 0 Å².